The highest BCUT2D eigenvalue weighted by Crippen LogP contribution is 2.30. The highest BCUT2D eigenvalue weighted by Gasteiger charge is 2.32. The molecule has 148 valence electrons. The predicted octanol–water partition coefficient (Wildman–Crippen LogP) is 2.10. The van der Waals surface area contributed by atoms with Crippen LogP contribution in [0.25, 0.3) is 0 Å². The second-order valence-electron chi connectivity index (χ2n) is 7.17. The number of anilines is 1. The number of hydrogen-bond donors (Lipinski definition) is 2. The summed E-state index contributed by atoms with van der Waals surface area (Å²) in [6, 6.07) is 2.24. The summed E-state index contributed by atoms with van der Waals surface area (Å²) >= 11 is 0. The lowest BCUT2D eigenvalue weighted by Crippen LogP contribution is -2.55. The standard InChI is InChI=1S/C18H23F3N4O2/c1-11-14(3-5-16(26)23-11)24-17(27)12-6-8-25(9-7-12)15-4-2-13(10-22-15)18(19,20)21/h2,4,10-12,14H,3,5-9H2,1H3,(H,23,26)(H,24,27). The van der Waals surface area contributed by atoms with Crippen molar-refractivity contribution in [1.82, 2.24) is 15.6 Å². The fourth-order valence-electron chi connectivity index (χ4n) is 3.57. The van der Waals surface area contributed by atoms with Gasteiger partial charge in [0.2, 0.25) is 11.8 Å². The summed E-state index contributed by atoms with van der Waals surface area (Å²) in [5.74, 6) is 0.333. The third kappa shape index (κ3) is 4.70. The number of rotatable bonds is 3. The lowest BCUT2D eigenvalue weighted by molar-refractivity contribution is -0.137. The minimum Gasteiger partial charge on any atom is -0.357 e. The number of carbonyl (C=O) groups is 2. The first kappa shape index (κ1) is 19.4. The zero-order chi connectivity index (χ0) is 19.6. The Kier molecular flexibility index (Phi) is 5.57. The van der Waals surface area contributed by atoms with Crippen LogP contribution in [0.4, 0.5) is 19.0 Å². The largest absolute Gasteiger partial charge is 0.417 e. The molecule has 0 aromatic carbocycles. The first-order valence-corrected chi connectivity index (χ1v) is 9.12. The summed E-state index contributed by atoms with van der Waals surface area (Å²) in [5, 5.41) is 5.86. The molecule has 2 fully saturated rings. The highest BCUT2D eigenvalue weighted by atomic mass is 19.4. The Labute approximate surface area is 155 Å². The van der Waals surface area contributed by atoms with Gasteiger partial charge in [-0.25, -0.2) is 4.98 Å². The van der Waals surface area contributed by atoms with Crippen molar-refractivity contribution in [3.63, 3.8) is 0 Å². The van der Waals surface area contributed by atoms with Crippen LogP contribution in [0.5, 0.6) is 0 Å². The van der Waals surface area contributed by atoms with Gasteiger partial charge in [0.05, 0.1) is 5.56 Å². The number of hydrogen-bond acceptors (Lipinski definition) is 4. The molecule has 0 bridgehead atoms. The van der Waals surface area contributed by atoms with E-state index in [4.69, 9.17) is 0 Å². The minimum absolute atomic E-state index is 0.00495. The van der Waals surface area contributed by atoms with Gasteiger partial charge in [-0.2, -0.15) is 13.2 Å². The Morgan fingerprint density at radius 3 is 2.52 bits per heavy atom. The van der Waals surface area contributed by atoms with Crippen molar-refractivity contribution in [2.45, 2.75) is 50.9 Å². The van der Waals surface area contributed by atoms with Gasteiger partial charge in [-0.3, -0.25) is 9.59 Å². The lowest BCUT2D eigenvalue weighted by Gasteiger charge is -2.35. The normalized spacial score (nSPS) is 24.4. The van der Waals surface area contributed by atoms with Crippen LogP contribution in [0.1, 0.15) is 38.2 Å². The summed E-state index contributed by atoms with van der Waals surface area (Å²) < 4.78 is 37.9. The third-order valence-electron chi connectivity index (χ3n) is 5.27. The smallest absolute Gasteiger partial charge is 0.357 e. The maximum atomic E-state index is 12.6. The van der Waals surface area contributed by atoms with Crippen molar-refractivity contribution in [2.75, 3.05) is 18.0 Å². The van der Waals surface area contributed by atoms with Gasteiger partial charge in [0.25, 0.3) is 0 Å². The molecule has 1 aromatic heterocycles. The molecule has 2 unspecified atom stereocenters. The number of nitrogens with zero attached hydrogens (tertiary/aromatic N) is 2. The number of piperidine rings is 2. The zero-order valence-corrected chi connectivity index (χ0v) is 15.1. The molecule has 6 nitrogen and oxygen atoms in total. The molecule has 2 atom stereocenters. The van der Waals surface area contributed by atoms with Crippen LogP contribution in [0.2, 0.25) is 0 Å². The van der Waals surface area contributed by atoms with Gasteiger partial charge in [-0.15, -0.1) is 0 Å². The molecule has 3 rings (SSSR count). The van der Waals surface area contributed by atoms with E-state index >= 15 is 0 Å². The van der Waals surface area contributed by atoms with Crippen LogP contribution in [-0.4, -0.2) is 42.0 Å². The van der Waals surface area contributed by atoms with Crippen molar-refractivity contribution in [2.24, 2.45) is 5.92 Å². The van der Waals surface area contributed by atoms with E-state index in [1.165, 1.54) is 6.07 Å². The van der Waals surface area contributed by atoms with Gasteiger partial charge >= 0.3 is 6.18 Å². The quantitative estimate of drug-likeness (QED) is 0.837. The molecular weight excluding hydrogens is 361 g/mol. The molecule has 0 aliphatic carbocycles. The summed E-state index contributed by atoms with van der Waals surface area (Å²) in [6.45, 7) is 3.00. The van der Waals surface area contributed by atoms with E-state index in [2.05, 4.69) is 15.6 Å². The Hall–Kier alpha value is -2.32. The van der Waals surface area contributed by atoms with Crippen molar-refractivity contribution >= 4 is 17.6 Å². The van der Waals surface area contributed by atoms with E-state index in [-0.39, 0.29) is 29.8 Å². The molecule has 2 aliphatic heterocycles. The molecule has 2 aliphatic rings. The van der Waals surface area contributed by atoms with Crippen LogP contribution in [-0.2, 0) is 15.8 Å². The highest BCUT2D eigenvalue weighted by molar-refractivity contribution is 5.81. The molecule has 27 heavy (non-hydrogen) atoms. The first-order chi connectivity index (χ1) is 12.7. The number of amides is 2. The van der Waals surface area contributed by atoms with Crippen LogP contribution in [0.15, 0.2) is 18.3 Å². The number of carbonyl (C=O) groups excluding carboxylic acids is 2. The molecule has 0 radical (unpaired) electrons. The van der Waals surface area contributed by atoms with Gasteiger partial charge in [0.1, 0.15) is 5.82 Å². The van der Waals surface area contributed by atoms with E-state index < -0.39 is 11.7 Å². The number of halogens is 3. The van der Waals surface area contributed by atoms with Gasteiger partial charge in [-0.05, 0) is 38.3 Å². The molecule has 9 heteroatoms. The van der Waals surface area contributed by atoms with E-state index in [0.717, 1.165) is 12.3 Å². The lowest BCUT2D eigenvalue weighted by atomic mass is 9.93. The first-order valence-electron chi connectivity index (χ1n) is 9.12. The van der Waals surface area contributed by atoms with Gasteiger partial charge in [0.15, 0.2) is 0 Å². The molecule has 3 heterocycles. The van der Waals surface area contributed by atoms with Crippen LogP contribution >= 0.6 is 0 Å². The Balaban J connectivity index is 1.51. The van der Waals surface area contributed by atoms with Crippen molar-refractivity contribution in [3.05, 3.63) is 23.9 Å². The Morgan fingerprint density at radius 2 is 1.96 bits per heavy atom. The predicted molar refractivity (Wildman–Crippen MR) is 92.9 cm³/mol. The van der Waals surface area contributed by atoms with Crippen LogP contribution in [0, 0.1) is 5.92 Å². The van der Waals surface area contributed by atoms with Crippen molar-refractivity contribution in [1.29, 1.82) is 0 Å². The average molecular weight is 384 g/mol. The topological polar surface area (TPSA) is 74.3 Å². The molecule has 2 amide bonds. The maximum absolute atomic E-state index is 12.6. The molecule has 1 aromatic rings. The molecule has 2 N–H and O–H groups in total. The summed E-state index contributed by atoms with van der Waals surface area (Å²) in [6.07, 6.45) is -1.29. The monoisotopic (exact) mass is 384 g/mol. The summed E-state index contributed by atoms with van der Waals surface area (Å²) in [7, 11) is 0. The van der Waals surface area contributed by atoms with Gasteiger partial charge in [-0.1, -0.05) is 0 Å². The van der Waals surface area contributed by atoms with Gasteiger partial charge < -0.3 is 15.5 Å². The molecule has 2 saturated heterocycles. The number of pyridine rings is 1. The second kappa shape index (κ2) is 7.74. The van der Waals surface area contributed by atoms with Crippen molar-refractivity contribution < 1.29 is 22.8 Å². The van der Waals surface area contributed by atoms with Crippen molar-refractivity contribution in [3.8, 4) is 0 Å². The van der Waals surface area contributed by atoms with E-state index in [0.29, 0.717) is 44.6 Å². The second-order valence-corrected chi connectivity index (χ2v) is 7.17. The van der Waals surface area contributed by atoms with E-state index in [9.17, 15) is 22.8 Å². The third-order valence-corrected chi connectivity index (χ3v) is 5.27. The molecule has 0 saturated carbocycles. The average Bonchev–Trinajstić information content (AvgIpc) is 2.63. The van der Waals surface area contributed by atoms with E-state index in [1.54, 1.807) is 0 Å². The van der Waals surface area contributed by atoms with Crippen LogP contribution in [0.3, 0.4) is 0 Å². The summed E-state index contributed by atoms with van der Waals surface area (Å²) in [5.41, 5.74) is -0.769. The fraction of sp³-hybridized carbons (Fsp3) is 0.611. The fourth-order valence-corrected chi connectivity index (χ4v) is 3.57. The number of aromatic nitrogens is 1. The number of alkyl halides is 3. The van der Waals surface area contributed by atoms with Gasteiger partial charge in [0, 0.05) is 43.7 Å². The van der Waals surface area contributed by atoms with E-state index in [1.807, 2.05) is 11.8 Å². The Bertz CT molecular complexity index is 685. The SMILES string of the molecule is CC1NC(=O)CCC1NC(=O)C1CCN(c2ccc(C(F)(F)F)cn2)CC1. The molecule has 0 spiro atoms. The Morgan fingerprint density at radius 1 is 1.26 bits per heavy atom. The minimum atomic E-state index is -4.40. The number of nitrogens with one attached hydrogen (secondary N) is 2. The molecular formula is C18H23F3N4O2. The summed E-state index contributed by atoms with van der Waals surface area (Å²) in [4.78, 5) is 29.7. The van der Waals surface area contributed by atoms with Crippen LogP contribution < -0.4 is 15.5 Å². The maximum Gasteiger partial charge on any atom is 0.417 e. The zero-order valence-electron chi connectivity index (χ0n) is 15.1.